The summed E-state index contributed by atoms with van der Waals surface area (Å²) >= 11 is 2.70. The van der Waals surface area contributed by atoms with Crippen LogP contribution in [0.1, 0.15) is 61.5 Å². The molecule has 218 valence electrons. The average Bonchev–Trinajstić information content (AvgIpc) is 3.70. The van der Waals surface area contributed by atoms with Crippen LogP contribution in [-0.2, 0) is 20.1 Å². The van der Waals surface area contributed by atoms with Gasteiger partial charge in [-0.15, -0.1) is 11.3 Å². The Balaban J connectivity index is 1.23. The molecular weight excluding hydrogens is 570 g/mol. The molecule has 3 fully saturated rings. The van der Waals surface area contributed by atoms with Crippen LogP contribution in [0.5, 0.6) is 0 Å². The Kier molecular flexibility index (Phi) is 6.64. The standard InChI is InChI=1S/C33H33NO6S2/c1-31-13-11-20(35)16-19(31)9-10-21-22-12-14-33(32(22,2)17-24(36)28(21)31,40-29(37)25-7-5-15-39-25)30(38)41-18-27-34-23-6-3-4-8-26(23)42-27/h3-8,11,13,15-16,21-22,24,28,36H,9-10,12,14,17-18H2,1-2H3/t21?,22?,24?,28?,31?,32?,33-/m0/s1. The molecule has 4 aliphatic carbocycles. The molecule has 9 heteroatoms. The molecule has 0 bridgehead atoms. The van der Waals surface area contributed by atoms with Gasteiger partial charge in [-0.2, -0.15) is 0 Å². The van der Waals surface area contributed by atoms with E-state index in [2.05, 4.69) is 6.92 Å². The van der Waals surface area contributed by atoms with Crippen LogP contribution in [0.2, 0.25) is 0 Å². The molecule has 3 saturated carbocycles. The number of para-hydroxylation sites is 1. The zero-order valence-corrected chi connectivity index (χ0v) is 25.2. The third-order valence-corrected chi connectivity index (χ3v) is 12.8. The maximum absolute atomic E-state index is 14.4. The fraction of sp³-hybridized carbons (Fsp3) is 0.455. The quantitative estimate of drug-likeness (QED) is 0.329. The third-order valence-electron chi connectivity index (χ3n) is 10.6. The van der Waals surface area contributed by atoms with E-state index in [9.17, 15) is 19.5 Å². The molecule has 0 amide bonds. The zero-order valence-electron chi connectivity index (χ0n) is 23.6. The molecule has 7 rings (SSSR count). The highest BCUT2D eigenvalue weighted by atomic mass is 32.2. The van der Waals surface area contributed by atoms with E-state index in [4.69, 9.17) is 14.1 Å². The molecule has 1 aromatic carbocycles. The summed E-state index contributed by atoms with van der Waals surface area (Å²) in [7, 11) is 0. The molecule has 0 saturated heterocycles. The second kappa shape index (κ2) is 10.0. The number of thioether (sulfide) groups is 1. The van der Waals surface area contributed by atoms with E-state index in [0.29, 0.717) is 25.0 Å². The Morgan fingerprint density at radius 3 is 2.81 bits per heavy atom. The smallest absolute Gasteiger partial charge is 0.375 e. The highest BCUT2D eigenvalue weighted by Crippen LogP contribution is 2.68. The normalized spacial score (nSPS) is 35.3. The number of thiazole rings is 1. The fourth-order valence-electron chi connectivity index (χ4n) is 8.69. The summed E-state index contributed by atoms with van der Waals surface area (Å²) < 4.78 is 12.7. The number of carbonyl (C=O) groups excluding carboxylic acids is 3. The minimum Gasteiger partial charge on any atom is -0.457 e. The van der Waals surface area contributed by atoms with Gasteiger partial charge in [0.15, 0.2) is 11.4 Å². The molecule has 7 atom stereocenters. The number of aromatic nitrogens is 1. The van der Waals surface area contributed by atoms with Gasteiger partial charge in [-0.3, -0.25) is 9.59 Å². The van der Waals surface area contributed by atoms with Crippen LogP contribution >= 0.6 is 23.1 Å². The van der Waals surface area contributed by atoms with Crippen molar-refractivity contribution in [2.45, 2.75) is 63.4 Å². The lowest BCUT2D eigenvalue weighted by molar-refractivity contribution is -0.171. The van der Waals surface area contributed by atoms with Gasteiger partial charge in [-0.05, 0) is 80.4 Å². The summed E-state index contributed by atoms with van der Waals surface area (Å²) in [6.45, 7) is 4.16. The number of nitrogens with zero attached hydrogens (tertiary/aromatic N) is 1. The number of aliphatic hydroxyl groups is 1. The predicted molar refractivity (Wildman–Crippen MR) is 161 cm³/mol. The van der Waals surface area contributed by atoms with Crippen LogP contribution in [0.15, 0.2) is 70.9 Å². The minimum absolute atomic E-state index is 0.00321. The number of allylic oxidation sites excluding steroid dienone is 4. The van der Waals surface area contributed by atoms with E-state index < -0.39 is 28.5 Å². The van der Waals surface area contributed by atoms with Gasteiger partial charge in [-0.1, -0.05) is 49.4 Å². The number of esters is 1. The van der Waals surface area contributed by atoms with Crippen LogP contribution in [0.4, 0.5) is 0 Å². The number of rotatable bonds is 5. The lowest BCUT2D eigenvalue weighted by atomic mass is 9.46. The first-order chi connectivity index (χ1) is 20.1. The first-order valence-electron chi connectivity index (χ1n) is 14.6. The molecule has 2 heterocycles. The van der Waals surface area contributed by atoms with E-state index in [1.165, 1.54) is 6.26 Å². The topological polar surface area (TPSA) is 107 Å². The van der Waals surface area contributed by atoms with Gasteiger partial charge in [0.1, 0.15) is 5.01 Å². The first kappa shape index (κ1) is 27.8. The molecule has 1 N–H and O–H groups in total. The van der Waals surface area contributed by atoms with Crippen molar-refractivity contribution in [1.82, 2.24) is 4.98 Å². The number of hydrogen-bond acceptors (Lipinski definition) is 9. The number of hydrogen-bond donors (Lipinski definition) is 1. The highest BCUT2D eigenvalue weighted by Gasteiger charge is 2.70. The Hall–Kier alpha value is -3.01. The van der Waals surface area contributed by atoms with Crippen molar-refractivity contribution in [2.75, 3.05) is 0 Å². The van der Waals surface area contributed by atoms with Crippen LogP contribution in [0.25, 0.3) is 10.2 Å². The molecule has 6 unspecified atom stereocenters. The van der Waals surface area contributed by atoms with E-state index in [1.54, 1.807) is 35.6 Å². The zero-order chi connectivity index (χ0) is 29.3. The minimum atomic E-state index is -1.43. The number of benzene rings is 1. The van der Waals surface area contributed by atoms with Crippen LogP contribution in [0, 0.1) is 28.6 Å². The fourth-order valence-corrected chi connectivity index (χ4v) is 10.8. The molecule has 0 aliphatic heterocycles. The van der Waals surface area contributed by atoms with Gasteiger partial charge in [-0.25, -0.2) is 9.78 Å². The van der Waals surface area contributed by atoms with E-state index in [0.717, 1.165) is 45.4 Å². The summed E-state index contributed by atoms with van der Waals surface area (Å²) in [5, 5.41) is 12.5. The lowest BCUT2D eigenvalue weighted by Crippen LogP contribution is -2.62. The summed E-state index contributed by atoms with van der Waals surface area (Å²) in [5.41, 5.74) is -0.644. The lowest BCUT2D eigenvalue weighted by Gasteiger charge is -2.59. The first-order valence-corrected chi connectivity index (χ1v) is 16.4. The molecule has 7 nitrogen and oxygen atoms in total. The van der Waals surface area contributed by atoms with Crippen molar-refractivity contribution in [3.8, 4) is 0 Å². The van der Waals surface area contributed by atoms with E-state index in [-0.39, 0.29) is 34.4 Å². The Bertz CT molecular complexity index is 1610. The number of aliphatic hydroxyl groups excluding tert-OH is 1. The Morgan fingerprint density at radius 2 is 2.02 bits per heavy atom. The van der Waals surface area contributed by atoms with Crippen molar-refractivity contribution in [1.29, 1.82) is 0 Å². The van der Waals surface area contributed by atoms with Crippen LogP contribution < -0.4 is 0 Å². The number of ketones is 1. The van der Waals surface area contributed by atoms with Crippen LogP contribution in [-0.4, -0.2) is 38.7 Å². The van der Waals surface area contributed by atoms with Gasteiger partial charge in [0.2, 0.25) is 10.9 Å². The maximum atomic E-state index is 14.4. The second-order valence-corrected chi connectivity index (χ2v) is 14.7. The number of fused-ring (bicyclic) bond motifs is 6. The maximum Gasteiger partial charge on any atom is 0.375 e. The summed E-state index contributed by atoms with van der Waals surface area (Å²) in [6, 6.07) is 11.1. The molecule has 2 aromatic heterocycles. The Labute approximate surface area is 252 Å². The SMILES string of the molecule is CC12C=CC(=O)C=C1CCC1C2C(O)CC2(C)C1CC[C@]2(OC(=O)c1ccco1)C(=O)SCc1nc2ccccc2s1. The van der Waals surface area contributed by atoms with Gasteiger partial charge in [0, 0.05) is 16.7 Å². The molecule has 42 heavy (non-hydrogen) atoms. The monoisotopic (exact) mass is 603 g/mol. The molecule has 0 spiro atoms. The van der Waals surface area contributed by atoms with Crippen molar-refractivity contribution in [3.05, 3.63) is 77.2 Å². The van der Waals surface area contributed by atoms with E-state index in [1.807, 2.05) is 37.3 Å². The number of furan rings is 1. The Morgan fingerprint density at radius 1 is 1.19 bits per heavy atom. The predicted octanol–water partition coefficient (Wildman–Crippen LogP) is 6.52. The van der Waals surface area contributed by atoms with Gasteiger partial charge >= 0.3 is 5.97 Å². The van der Waals surface area contributed by atoms with Crippen molar-refractivity contribution in [3.63, 3.8) is 0 Å². The highest BCUT2D eigenvalue weighted by molar-refractivity contribution is 8.13. The van der Waals surface area contributed by atoms with Crippen molar-refractivity contribution in [2.24, 2.45) is 28.6 Å². The van der Waals surface area contributed by atoms with Crippen molar-refractivity contribution < 1.29 is 28.6 Å². The van der Waals surface area contributed by atoms with Gasteiger partial charge < -0.3 is 14.3 Å². The largest absolute Gasteiger partial charge is 0.457 e. The van der Waals surface area contributed by atoms with Crippen molar-refractivity contribution >= 4 is 50.2 Å². The molecule has 0 radical (unpaired) electrons. The number of carbonyl (C=O) groups is 3. The molecule has 3 aromatic rings. The van der Waals surface area contributed by atoms with Gasteiger partial charge in [0.05, 0.1) is 28.3 Å². The molecule has 4 aliphatic rings. The summed E-state index contributed by atoms with van der Waals surface area (Å²) in [6.07, 6.45) is 9.03. The van der Waals surface area contributed by atoms with Gasteiger partial charge in [0.25, 0.3) is 0 Å². The average molecular weight is 604 g/mol. The van der Waals surface area contributed by atoms with Crippen LogP contribution in [0.3, 0.4) is 0 Å². The second-order valence-electron chi connectivity index (χ2n) is 12.6. The summed E-state index contributed by atoms with van der Waals surface area (Å²) in [5.74, 6) is -0.146. The number of ether oxygens (including phenoxy) is 1. The third kappa shape index (κ3) is 4.11. The van der Waals surface area contributed by atoms with E-state index >= 15 is 0 Å². The summed E-state index contributed by atoms with van der Waals surface area (Å²) in [4.78, 5) is 44.7. The molecular formula is C33H33NO6S2.